The third-order valence-electron chi connectivity index (χ3n) is 4.00. The molecule has 0 fully saturated rings. The molecule has 0 spiro atoms. The molecule has 0 radical (unpaired) electrons. The van der Waals surface area contributed by atoms with E-state index in [4.69, 9.17) is 4.74 Å². The van der Waals surface area contributed by atoms with Gasteiger partial charge in [0.05, 0.1) is 17.6 Å². The topological polar surface area (TPSA) is 90.0 Å². The normalized spacial score (nSPS) is 11.4. The first kappa shape index (κ1) is 20.8. The lowest BCUT2D eigenvalue weighted by Gasteiger charge is -2.14. The summed E-state index contributed by atoms with van der Waals surface area (Å²) in [5.41, 5.74) is 1.71. The number of Topliss-reactive ketones (excluding diaryl/α,β-unsaturated/α-hetero) is 1. The van der Waals surface area contributed by atoms with Crippen LogP contribution < -0.4 is 0 Å². The van der Waals surface area contributed by atoms with E-state index >= 15 is 0 Å². The van der Waals surface area contributed by atoms with Crippen molar-refractivity contribution >= 4 is 21.8 Å². The summed E-state index contributed by atoms with van der Waals surface area (Å²) in [6.45, 7) is 1.62. The highest BCUT2D eigenvalue weighted by molar-refractivity contribution is 7.89. The van der Waals surface area contributed by atoms with E-state index in [2.05, 4.69) is 4.84 Å². The molecule has 0 aliphatic rings. The molecule has 0 bridgehead atoms. The highest BCUT2D eigenvalue weighted by Crippen LogP contribution is 2.16. The maximum atomic E-state index is 12.1. The molecule has 0 heterocycles. The number of nitrogens with zero attached hydrogens (tertiary/aromatic N) is 1. The van der Waals surface area contributed by atoms with E-state index in [1.54, 1.807) is 12.1 Å². The summed E-state index contributed by atoms with van der Waals surface area (Å²) in [6.07, 6.45) is 0.870. The Morgan fingerprint density at radius 2 is 1.52 bits per heavy atom. The number of ether oxygens (including phenoxy) is 1. The van der Waals surface area contributed by atoms with Crippen molar-refractivity contribution in [3.63, 3.8) is 0 Å². The molecular weight excluding hydrogens is 370 g/mol. The fraction of sp³-hybridized carbons (Fsp3) is 0.263. The molecule has 2 rings (SSSR count). The Balaban J connectivity index is 2.00. The van der Waals surface area contributed by atoms with Gasteiger partial charge in [-0.1, -0.05) is 35.7 Å². The number of sulfonamides is 1. The molecule has 0 saturated heterocycles. The molecule has 8 heteroatoms. The summed E-state index contributed by atoms with van der Waals surface area (Å²) in [5.74, 6) is -1.02. The standard InChI is InChI=1S/C19H21NO6S/c1-4-14-5-7-15(8-6-14)18(21)13-26-19(22)16-9-11-17(12-10-16)27(23,24)20(2)25-3/h5-12H,4,13H2,1-3H3. The van der Waals surface area contributed by atoms with Crippen LogP contribution in [0.5, 0.6) is 0 Å². The third kappa shape index (κ3) is 5.00. The van der Waals surface area contributed by atoms with Crippen molar-refractivity contribution in [3.05, 3.63) is 65.2 Å². The number of rotatable bonds is 8. The largest absolute Gasteiger partial charge is 0.454 e. The number of hydrogen-bond donors (Lipinski definition) is 0. The van der Waals surface area contributed by atoms with E-state index in [0.717, 1.165) is 12.0 Å². The fourth-order valence-electron chi connectivity index (χ4n) is 2.23. The first-order valence-corrected chi connectivity index (χ1v) is 9.66. The van der Waals surface area contributed by atoms with Crippen molar-refractivity contribution in [2.75, 3.05) is 20.8 Å². The van der Waals surface area contributed by atoms with Gasteiger partial charge in [-0.25, -0.2) is 13.2 Å². The molecule has 0 saturated carbocycles. The van der Waals surface area contributed by atoms with Gasteiger partial charge in [0, 0.05) is 12.6 Å². The molecule has 0 unspecified atom stereocenters. The van der Waals surface area contributed by atoms with Crippen molar-refractivity contribution < 1.29 is 27.6 Å². The van der Waals surface area contributed by atoms with E-state index in [0.29, 0.717) is 10.0 Å². The first-order valence-electron chi connectivity index (χ1n) is 8.22. The van der Waals surface area contributed by atoms with Crippen molar-refractivity contribution in [2.45, 2.75) is 18.2 Å². The number of carbonyl (C=O) groups is 2. The highest BCUT2D eigenvalue weighted by Gasteiger charge is 2.21. The van der Waals surface area contributed by atoms with Crippen LogP contribution in [0.1, 0.15) is 33.2 Å². The molecule has 2 aromatic rings. The average molecular weight is 391 g/mol. The van der Waals surface area contributed by atoms with E-state index in [9.17, 15) is 18.0 Å². The Hall–Kier alpha value is -2.55. The summed E-state index contributed by atoms with van der Waals surface area (Å²) in [5, 5.41) is 0. The number of hydrogen-bond acceptors (Lipinski definition) is 6. The van der Waals surface area contributed by atoms with Crippen LogP contribution in [0.15, 0.2) is 53.4 Å². The van der Waals surface area contributed by atoms with Gasteiger partial charge in [0.1, 0.15) is 0 Å². The second-order valence-corrected chi connectivity index (χ2v) is 7.61. The van der Waals surface area contributed by atoms with Gasteiger partial charge >= 0.3 is 5.97 Å². The number of hydroxylamine groups is 1. The number of ketones is 1. The van der Waals surface area contributed by atoms with Crippen molar-refractivity contribution in [1.29, 1.82) is 0 Å². The maximum Gasteiger partial charge on any atom is 0.338 e. The second kappa shape index (κ2) is 8.90. The maximum absolute atomic E-state index is 12.1. The van der Waals surface area contributed by atoms with Crippen LogP contribution >= 0.6 is 0 Å². The smallest absolute Gasteiger partial charge is 0.338 e. The third-order valence-corrected chi connectivity index (χ3v) is 5.70. The zero-order chi connectivity index (χ0) is 20.0. The average Bonchev–Trinajstić information content (AvgIpc) is 2.71. The Morgan fingerprint density at radius 3 is 2.04 bits per heavy atom. The predicted molar refractivity (Wildman–Crippen MR) is 98.8 cm³/mol. The SMILES string of the molecule is CCc1ccc(C(=O)COC(=O)c2ccc(S(=O)(=O)N(C)OC)cc2)cc1. The van der Waals surface area contributed by atoms with Gasteiger partial charge in [-0.05, 0) is 36.2 Å². The predicted octanol–water partition coefficient (Wildman–Crippen LogP) is 2.47. The summed E-state index contributed by atoms with van der Waals surface area (Å²) < 4.78 is 29.9. The summed E-state index contributed by atoms with van der Waals surface area (Å²) >= 11 is 0. The van der Waals surface area contributed by atoms with Gasteiger partial charge in [-0.15, -0.1) is 0 Å². The van der Waals surface area contributed by atoms with Gasteiger partial charge in [0.15, 0.2) is 12.4 Å². The molecule has 27 heavy (non-hydrogen) atoms. The quantitative estimate of drug-likeness (QED) is 0.390. The van der Waals surface area contributed by atoms with Crippen LogP contribution in [-0.4, -0.2) is 45.4 Å². The molecule has 0 atom stereocenters. The molecule has 144 valence electrons. The lowest BCUT2D eigenvalue weighted by Crippen LogP contribution is -2.25. The summed E-state index contributed by atoms with van der Waals surface area (Å²) in [7, 11) is -1.30. The van der Waals surface area contributed by atoms with Crippen molar-refractivity contribution in [1.82, 2.24) is 4.47 Å². The van der Waals surface area contributed by atoms with E-state index in [1.807, 2.05) is 19.1 Å². The molecule has 2 aromatic carbocycles. The minimum absolute atomic E-state index is 0.0320. The van der Waals surface area contributed by atoms with Crippen LogP contribution in [0.3, 0.4) is 0 Å². The van der Waals surface area contributed by atoms with Crippen LogP contribution in [0.4, 0.5) is 0 Å². The minimum atomic E-state index is -3.79. The Morgan fingerprint density at radius 1 is 0.963 bits per heavy atom. The number of aryl methyl sites for hydroxylation is 1. The van der Waals surface area contributed by atoms with Gasteiger partial charge in [-0.3, -0.25) is 9.63 Å². The van der Waals surface area contributed by atoms with Gasteiger partial charge in [0.2, 0.25) is 0 Å². The first-order chi connectivity index (χ1) is 12.8. The van der Waals surface area contributed by atoms with Gasteiger partial charge < -0.3 is 4.74 Å². The van der Waals surface area contributed by atoms with Crippen LogP contribution in [-0.2, 0) is 26.0 Å². The lowest BCUT2D eigenvalue weighted by molar-refractivity contribution is -0.0258. The Kier molecular flexibility index (Phi) is 6.84. The molecular formula is C19H21NO6S. The van der Waals surface area contributed by atoms with Gasteiger partial charge in [0.25, 0.3) is 10.0 Å². The Labute approximate surface area is 158 Å². The summed E-state index contributed by atoms with van der Waals surface area (Å²) in [4.78, 5) is 28.8. The Bertz CT molecular complexity index is 904. The zero-order valence-corrected chi connectivity index (χ0v) is 16.2. The molecule has 0 aliphatic carbocycles. The van der Waals surface area contributed by atoms with E-state index in [1.165, 1.54) is 38.4 Å². The van der Waals surface area contributed by atoms with Crippen LogP contribution in [0.2, 0.25) is 0 Å². The zero-order valence-electron chi connectivity index (χ0n) is 15.3. The monoisotopic (exact) mass is 391 g/mol. The lowest BCUT2D eigenvalue weighted by atomic mass is 10.1. The molecule has 7 nitrogen and oxygen atoms in total. The van der Waals surface area contributed by atoms with E-state index in [-0.39, 0.29) is 16.2 Å². The van der Waals surface area contributed by atoms with Crippen LogP contribution in [0, 0.1) is 0 Å². The van der Waals surface area contributed by atoms with Crippen molar-refractivity contribution in [2.24, 2.45) is 0 Å². The summed E-state index contributed by atoms with van der Waals surface area (Å²) in [6, 6.07) is 12.3. The second-order valence-electron chi connectivity index (χ2n) is 5.67. The molecule has 0 amide bonds. The fourth-order valence-corrected chi connectivity index (χ4v) is 3.21. The molecule has 0 aromatic heterocycles. The van der Waals surface area contributed by atoms with Gasteiger partial charge in [-0.2, -0.15) is 0 Å². The molecule has 0 N–H and O–H groups in total. The number of esters is 1. The molecule has 0 aliphatic heterocycles. The van der Waals surface area contributed by atoms with Crippen molar-refractivity contribution in [3.8, 4) is 0 Å². The van der Waals surface area contributed by atoms with E-state index < -0.39 is 22.6 Å². The number of carbonyl (C=O) groups excluding carboxylic acids is 2. The van der Waals surface area contributed by atoms with Crippen LogP contribution in [0.25, 0.3) is 0 Å². The highest BCUT2D eigenvalue weighted by atomic mass is 32.2. The number of benzene rings is 2. The minimum Gasteiger partial charge on any atom is -0.454 e.